The maximum absolute atomic E-state index is 13.9. The van der Waals surface area contributed by atoms with Gasteiger partial charge in [0.15, 0.2) is 12.4 Å². The number of amides is 2. The number of hydrogen-bond donors (Lipinski definition) is 1. The lowest BCUT2D eigenvalue weighted by Gasteiger charge is -2.14. The van der Waals surface area contributed by atoms with E-state index < -0.39 is 17.4 Å². The molecule has 7 nitrogen and oxygen atoms in total. The van der Waals surface area contributed by atoms with Crippen LogP contribution in [0, 0.1) is 6.92 Å². The van der Waals surface area contributed by atoms with Crippen LogP contribution in [0.25, 0.3) is 17.0 Å². The summed E-state index contributed by atoms with van der Waals surface area (Å²) in [6.07, 6.45) is 3.82. The molecule has 0 spiro atoms. The van der Waals surface area contributed by atoms with E-state index in [0.717, 1.165) is 10.5 Å². The SMILES string of the molecule is CCc1[nH]n(-c2cccc(Cl)c2)c(=O)c1C1=C([n+]2ccccc2)C(=O)N(c2cccc(C)c2)C1=O. The van der Waals surface area contributed by atoms with Crippen molar-refractivity contribution in [2.24, 2.45) is 0 Å². The zero-order chi connectivity index (χ0) is 24.7. The number of aryl methyl sites for hydroxylation is 2. The quantitative estimate of drug-likeness (QED) is 0.344. The average molecular weight is 486 g/mol. The van der Waals surface area contributed by atoms with Crippen LogP contribution in [0.3, 0.4) is 0 Å². The topological polar surface area (TPSA) is 79.1 Å². The van der Waals surface area contributed by atoms with Crippen LogP contribution >= 0.6 is 11.6 Å². The minimum Gasteiger partial charge on any atom is -0.294 e. The Labute approximate surface area is 206 Å². The Hall–Kier alpha value is -4.23. The Kier molecular flexibility index (Phi) is 5.70. The lowest BCUT2D eigenvalue weighted by molar-refractivity contribution is -0.576. The van der Waals surface area contributed by atoms with Gasteiger partial charge in [0, 0.05) is 22.8 Å². The van der Waals surface area contributed by atoms with E-state index in [0.29, 0.717) is 28.5 Å². The number of hydrogen-bond acceptors (Lipinski definition) is 3. The number of rotatable bonds is 5. The van der Waals surface area contributed by atoms with Gasteiger partial charge >= 0.3 is 5.91 Å². The molecule has 1 aliphatic rings. The van der Waals surface area contributed by atoms with Crippen molar-refractivity contribution in [1.29, 1.82) is 0 Å². The summed E-state index contributed by atoms with van der Waals surface area (Å²) in [5.41, 5.74) is 2.37. The van der Waals surface area contributed by atoms with Crippen molar-refractivity contribution in [3.05, 3.63) is 111 Å². The number of imide groups is 1. The molecule has 0 bridgehead atoms. The van der Waals surface area contributed by atoms with Gasteiger partial charge in [-0.15, -0.1) is 0 Å². The number of carbonyl (C=O) groups excluding carboxylic acids is 2. The Bertz CT molecular complexity index is 1570. The highest BCUT2D eigenvalue weighted by Crippen LogP contribution is 2.33. The second kappa shape index (κ2) is 8.85. The van der Waals surface area contributed by atoms with Gasteiger partial charge in [0.1, 0.15) is 5.57 Å². The number of halogens is 1. The minimum absolute atomic E-state index is 0.0617. The van der Waals surface area contributed by atoms with Gasteiger partial charge < -0.3 is 0 Å². The number of H-pyrrole nitrogens is 1. The van der Waals surface area contributed by atoms with Gasteiger partial charge in [-0.2, -0.15) is 4.57 Å². The number of anilines is 1. The maximum Gasteiger partial charge on any atom is 0.331 e. The summed E-state index contributed by atoms with van der Waals surface area (Å²) in [5, 5.41) is 3.58. The lowest BCUT2D eigenvalue weighted by atomic mass is 10.0. The summed E-state index contributed by atoms with van der Waals surface area (Å²) in [6, 6.07) is 19.4. The third-order valence-corrected chi connectivity index (χ3v) is 6.16. The molecular weight excluding hydrogens is 464 g/mol. The van der Waals surface area contributed by atoms with Crippen LogP contribution in [0.5, 0.6) is 0 Å². The Morgan fingerprint density at radius 3 is 2.29 bits per heavy atom. The van der Waals surface area contributed by atoms with Crippen molar-refractivity contribution >= 4 is 40.4 Å². The van der Waals surface area contributed by atoms with Crippen molar-refractivity contribution in [3.63, 3.8) is 0 Å². The van der Waals surface area contributed by atoms with E-state index >= 15 is 0 Å². The van der Waals surface area contributed by atoms with E-state index in [1.807, 2.05) is 26.0 Å². The van der Waals surface area contributed by atoms with Gasteiger partial charge in [-0.25, -0.2) is 9.58 Å². The number of aromatic nitrogens is 3. The predicted octanol–water partition coefficient (Wildman–Crippen LogP) is 3.92. The van der Waals surface area contributed by atoms with Gasteiger partial charge in [0.25, 0.3) is 17.2 Å². The summed E-state index contributed by atoms with van der Waals surface area (Å²) in [5.74, 6) is -1.04. The summed E-state index contributed by atoms with van der Waals surface area (Å²) in [4.78, 5) is 42.5. The second-order valence-electron chi connectivity index (χ2n) is 8.23. The Balaban J connectivity index is 1.78. The fraction of sp³-hybridized carbons (Fsp3) is 0.111. The van der Waals surface area contributed by atoms with Crippen molar-refractivity contribution in [3.8, 4) is 5.69 Å². The highest BCUT2D eigenvalue weighted by molar-refractivity contribution is 6.53. The van der Waals surface area contributed by atoms with Gasteiger partial charge in [0.2, 0.25) is 0 Å². The van der Waals surface area contributed by atoms with Crippen LogP contribution in [-0.2, 0) is 16.0 Å². The Morgan fingerprint density at radius 1 is 0.886 bits per heavy atom. The number of nitrogens with zero attached hydrogens (tertiary/aromatic N) is 3. The Morgan fingerprint density at radius 2 is 1.60 bits per heavy atom. The van der Waals surface area contributed by atoms with Crippen LogP contribution < -0.4 is 15.0 Å². The molecule has 2 aromatic heterocycles. The molecule has 0 atom stereocenters. The zero-order valence-electron chi connectivity index (χ0n) is 19.2. The first-order valence-corrected chi connectivity index (χ1v) is 11.5. The monoisotopic (exact) mass is 485 g/mol. The van der Waals surface area contributed by atoms with E-state index in [9.17, 15) is 14.4 Å². The fourth-order valence-corrected chi connectivity index (χ4v) is 4.51. The zero-order valence-corrected chi connectivity index (χ0v) is 19.9. The average Bonchev–Trinajstić information content (AvgIpc) is 3.31. The van der Waals surface area contributed by atoms with Crippen LogP contribution in [0.2, 0.25) is 5.02 Å². The molecule has 3 heterocycles. The molecular formula is C27H22ClN4O3+. The van der Waals surface area contributed by atoms with Crippen molar-refractivity contribution in [2.45, 2.75) is 20.3 Å². The third kappa shape index (κ3) is 3.80. The molecule has 1 aliphatic heterocycles. The summed E-state index contributed by atoms with van der Waals surface area (Å²) >= 11 is 6.15. The summed E-state index contributed by atoms with van der Waals surface area (Å²) in [6.45, 7) is 3.77. The maximum atomic E-state index is 13.9. The highest BCUT2D eigenvalue weighted by atomic mass is 35.5. The molecule has 4 aromatic rings. The molecule has 8 heteroatoms. The highest BCUT2D eigenvalue weighted by Gasteiger charge is 2.48. The third-order valence-electron chi connectivity index (χ3n) is 5.93. The molecule has 35 heavy (non-hydrogen) atoms. The molecule has 0 radical (unpaired) electrons. The normalized spacial score (nSPS) is 13.7. The fourth-order valence-electron chi connectivity index (χ4n) is 4.33. The molecule has 1 N–H and O–H groups in total. The number of benzene rings is 2. The molecule has 0 fully saturated rings. The van der Waals surface area contributed by atoms with Crippen LogP contribution in [0.15, 0.2) is 83.9 Å². The van der Waals surface area contributed by atoms with Crippen molar-refractivity contribution < 1.29 is 14.2 Å². The smallest absolute Gasteiger partial charge is 0.294 e. The molecule has 0 unspecified atom stereocenters. The molecule has 5 rings (SSSR count). The van der Waals surface area contributed by atoms with Gasteiger partial charge in [-0.3, -0.25) is 19.5 Å². The molecule has 0 saturated heterocycles. The van der Waals surface area contributed by atoms with E-state index in [1.54, 1.807) is 71.6 Å². The minimum atomic E-state index is -0.545. The van der Waals surface area contributed by atoms with E-state index in [4.69, 9.17) is 11.6 Å². The van der Waals surface area contributed by atoms with E-state index in [-0.39, 0.29) is 16.8 Å². The molecule has 0 saturated carbocycles. The van der Waals surface area contributed by atoms with Gasteiger partial charge in [0.05, 0.1) is 16.9 Å². The molecule has 2 aromatic carbocycles. The van der Waals surface area contributed by atoms with Crippen LogP contribution in [0.4, 0.5) is 5.69 Å². The van der Waals surface area contributed by atoms with E-state index in [1.165, 1.54) is 4.68 Å². The summed E-state index contributed by atoms with van der Waals surface area (Å²) < 4.78 is 2.94. The number of aromatic amines is 1. The number of nitrogens with one attached hydrogen (secondary N) is 1. The largest absolute Gasteiger partial charge is 0.331 e. The lowest BCUT2D eigenvalue weighted by Crippen LogP contribution is -2.39. The molecule has 174 valence electrons. The molecule has 2 amide bonds. The van der Waals surface area contributed by atoms with Crippen LogP contribution in [0.1, 0.15) is 23.7 Å². The van der Waals surface area contributed by atoms with Crippen LogP contribution in [-0.4, -0.2) is 21.6 Å². The number of pyridine rings is 1. The van der Waals surface area contributed by atoms with Crippen molar-refractivity contribution in [1.82, 2.24) is 9.78 Å². The first-order chi connectivity index (χ1) is 16.9. The van der Waals surface area contributed by atoms with Gasteiger partial charge in [-0.05, 0) is 49.2 Å². The van der Waals surface area contributed by atoms with E-state index in [2.05, 4.69) is 5.10 Å². The van der Waals surface area contributed by atoms with Gasteiger partial charge in [-0.1, -0.05) is 42.8 Å². The van der Waals surface area contributed by atoms with Crippen molar-refractivity contribution in [2.75, 3.05) is 4.90 Å². The predicted molar refractivity (Wildman–Crippen MR) is 134 cm³/mol. The summed E-state index contributed by atoms with van der Waals surface area (Å²) in [7, 11) is 0. The number of carbonyl (C=O) groups is 2. The first-order valence-electron chi connectivity index (χ1n) is 11.2. The standard InChI is InChI=1S/C27H21ClN4O3/c1-3-21-22(26(34)32(29-21)20-12-8-10-18(28)16-20)23-24(30-13-5-4-6-14-30)27(35)31(25(23)33)19-11-7-9-17(2)15-19/h4-16H,3H2,1-2H3/p+1. The molecule has 0 aliphatic carbocycles. The second-order valence-corrected chi connectivity index (χ2v) is 8.67. The first kappa shape index (κ1) is 22.6.